The number of fused-ring (bicyclic) bond motifs is 2. The Bertz CT molecular complexity index is 989. The molecule has 0 aliphatic heterocycles. The van der Waals surface area contributed by atoms with Gasteiger partial charge in [0.05, 0.1) is 27.2 Å². The van der Waals surface area contributed by atoms with Crippen LogP contribution in [-0.2, 0) is 11.2 Å². The summed E-state index contributed by atoms with van der Waals surface area (Å²) in [5.74, 6) is 0.303. The third-order valence-corrected chi connectivity index (χ3v) is 7.01. The number of amides is 1. The Hall–Kier alpha value is -2.46. The zero-order valence-corrected chi connectivity index (χ0v) is 15.9. The van der Waals surface area contributed by atoms with Gasteiger partial charge in [0.15, 0.2) is 0 Å². The van der Waals surface area contributed by atoms with Gasteiger partial charge in [-0.2, -0.15) is 0 Å². The van der Waals surface area contributed by atoms with Gasteiger partial charge in [-0.1, -0.05) is 48.6 Å². The molecule has 2 aromatic carbocycles. The van der Waals surface area contributed by atoms with Crippen molar-refractivity contribution in [2.75, 3.05) is 0 Å². The molecule has 1 heterocycles. The number of benzene rings is 2. The van der Waals surface area contributed by atoms with Gasteiger partial charge in [-0.15, -0.1) is 11.3 Å². The average Bonchev–Trinajstić information content (AvgIpc) is 3.32. The molecule has 5 rings (SSSR count). The highest BCUT2D eigenvalue weighted by Gasteiger charge is 2.34. The Kier molecular flexibility index (Phi) is 4.29. The molecule has 3 nitrogen and oxygen atoms in total. The lowest BCUT2D eigenvalue weighted by Crippen LogP contribution is -2.36. The van der Waals surface area contributed by atoms with Gasteiger partial charge in [-0.25, -0.2) is 4.98 Å². The van der Waals surface area contributed by atoms with Gasteiger partial charge in [0.25, 0.3) is 0 Å². The molecule has 1 N–H and O–H groups in total. The molecule has 0 bridgehead atoms. The normalized spacial score (nSPS) is 24.1. The number of aryl methyl sites for hydroxylation is 1. The van der Waals surface area contributed by atoms with Gasteiger partial charge in [-0.3, -0.25) is 4.79 Å². The van der Waals surface area contributed by atoms with Gasteiger partial charge in [0, 0.05) is 5.92 Å². The average molecular weight is 375 g/mol. The third-order valence-electron chi connectivity index (χ3n) is 5.85. The minimum Gasteiger partial charge on any atom is -0.349 e. The third kappa shape index (κ3) is 3.08. The van der Waals surface area contributed by atoms with Crippen molar-refractivity contribution in [2.24, 2.45) is 5.92 Å². The molecule has 136 valence electrons. The van der Waals surface area contributed by atoms with E-state index in [2.05, 4.69) is 53.9 Å². The predicted octanol–water partition coefficient (Wildman–Crippen LogP) is 5.15. The molecule has 0 fully saturated rings. The van der Waals surface area contributed by atoms with E-state index in [0.717, 1.165) is 36.2 Å². The largest absolute Gasteiger partial charge is 0.349 e. The second kappa shape index (κ2) is 6.93. The molecule has 0 spiro atoms. The number of nitrogens with zero attached hydrogens (tertiary/aromatic N) is 1. The molecule has 1 aromatic heterocycles. The number of carbonyl (C=O) groups is 1. The topological polar surface area (TPSA) is 42.0 Å². The van der Waals surface area contributed by atoms with E-state index >= 15 is 0 Å². The van der Waals surface area contributed by atoms with E-state index < -0.39 is 0 Å². The molecular formula is C23H22N2OS. The van der Waals surface area contributed by atoms with Crippen LogP contribution >= 0.6 is 11.3 Å². The van der Waals surface area contributed by atoms with Crippen LogP contribution in [0.15, 0.2) is 60.7 Å². The number of thiazole rings is 1. The Morgan fingerprint density at radius 2 is 1.85 bits per heavy atom. The van der Waals surface area contributed by atoms with E-state index in [9.17, 15) is 4.79 Å². The Balaban J connectivity index is 1.39. The molecule has 3 aromatic rings. The second-order valence-corrected chi connectivity index (χ2v) is 8.54. The van der Waals surface area contributed by atoms with Crippen molar-refractivity contribution in [2.45, 2.75) is 37.6 Å². The minimum atomic E-state index is -0.0386. The quantitative estimate of drug-likeness (QED) is 0.644. The summed E-state index contributed by atoms with van der Waals surface area (Å²) in [4.78, 5) is 18.0. The summed E-state index contributed by atoms with van der Waals surface area (Å²) in [6.45, 7) is 0. The van der Waals surface area contributed by atoms with Crippen molar-refractivity contribution in [3.8, 4) is 0 Å². The maximum atomic E-state index is 13.2. The summed E-state index contributed by atoms with van der Waals surface area (Å²) in [6.07, 6.45) is 8.08. The van der Waals surface area contributed by atoms with Crippen molar-refractivity contribution < 1.29 is 4.79 Å². The first kappa shape index (κ1) is 16.7. The monoisotopic (exact) mass is 374 g/mol. The summed E-state index contributed by atoms with van der Waals surface area (Å²) in [5, 5.41) is 4.43. The number of rotatable bonds is 3. The van der Waals surface area contributed by atoms with Crippen LogP contribution in [0.2, 0.25) is 0 Å². The van der Waals surface area contributed by atoms with Crippen LogP contribution in [0.5, 0.6) is 0 Å². The summed E-state index contributed by atoms with van der Waals surface area (Å²) >= 11 is 1.73. The second-order valence-electron chi connectivity index (χ2n) is 7.47. The highest BCUT2D eigenvalue weighted by molar-refractivity contribution is 7.18. The van der Waals surface area contributed by atoms with Crippen LogP contribution in [-0.4, -0.2) is 10.9 Å². The van der Waals surface area contributed by atoms with Crippen LogP contribution in [0.1, 0.15) is 47.4 Å². The SMILES string of the molecule is O=C(NC1CCc2ccccc21)C1CC=CCC1c1nc2ccccc2s1. The minimum absolute atomic E-state index is 0.0386. The zero-order valence-electron chi connectivity index (χ0n) is 15.1. The Labute approximate surface area is 163 Å². The van der Waals surface area contributed by atoms with E-state index in [1.807, 2.05) is 12.1 Å². The summed E-state index contributed by atoms with van der Waals surface area (Å²) in [5.41, 5.74) is 3.69. The lowest BCUT2D eigenvalue weighted by molar-refractivity contribution is -0.126. The molecule has 3 unspecified atom stereocenters. The van der Waals surface area contributed by atoms with E-state index in [1.165, 1.54) is 15.8 Å². The van der Waals surface area contributed by atoms with Gasteiger partial charge in [-0.05, 0) is 48.9 Å². The number of aromatic nitrogens is 1. The first-order valence-corrected chi connectivity index (χ1v) is 10.5. The number of nitrogens with one attached hydrogen (secondary N) is 1. The fourth-order valence-corrected chi connectivity index (χ4v) is 5.56. The molecule has 3 atom stereocenters. The number of carbonyl (C=O) groups excluding carboxylic acids is 1. The molecule has 2 aliphatic carbocycles. The number of para-hydroxylation sites is 1. The van der Waals surface area contributed by atoms with Crippen LogP contribution < -0.4 is 5.32 Å². The summed E-state index contributed by atoms with van der Waals surface area (Å²) < 4.78 is 1.20. The molecule has 0 saturated carbocycles. The van der Waals surface area contributed by atoms with Crippen LogP contribution in [0, 0.1) is 5.92 Å². The van der Waals surface area contributed by atoms with E-state index in [1.54, 1.807) is 11.3 Å². The highest BCUT2D eigenvalue weighted by atomic mass is 32.1. The van der Waals surface area contributed by atoms with Gasteiger partial charge < -0.3 is 5.32 Å². The number of hydrogen-bond acceptors (Lipinski definition) is 3. The first-order chi connectivity index (χ1) is 13.3. The smallest absolute Gasteiger partial charge is 0.224 e. The van der Waals surface area contributed by atoms with Crippen LogP contribution in [0.25, 0.3) is 10.2 Å². The lowest BCUT2D eigenvalue weighted by Gasteiger charge is -2.27. The number of allylic oxidation sites excluding steroid dienone is 2. The van der Waals surface area contributed by atoms with Crippen molar-refractivity contribution >= 4 is 27.5 Å². The molecule has 2 aliphatic rings. The fourth-order valence-electron chi connectivity index (χ4n) is 4.41. The maximum absolute atomic E-state index is 13.2. The summed E-state index contributed by atoms with van der Waals surface area (Å²) in [7, 11) is 0. The lowest BCUT2D eigenvalue weighted by atomic mass is 9.82. The Morgan fingerprint density at radius 1 is 1.04 bits per heavy atom. The van der Waals surface area contributed by atoms with Gasteiger partial charge >= 0.3 is 0 Å². The molecule has 0 saturated heterocycles. The van der Waals surface area contributed by atoms with E-state index in [4.69, 9.17) is 4.98 Å². The molecule has 1 amide bonds. The van der Waals surface area contributed by atoms with Gasteiger partial charge in [0.2, 0.25) is 5.91 Å². The standard InChI is InChI=1S/C23H22N2OS/c26-22(24-19-14-13-15-7-1-2-8-16(15)19)17-9-3-4-10-18(17)23-25-20-11-5-6-12-21(20)27-23/h1-8,11-12,17-19H,9-10,13-14H2,(H,24,26). The van der Waals surface area contributed by atoms with Crippen molar-refractivity contribution in [1.82, 2.24) is 10.3 Å². The van der Waals surface area contributed by atoms with E-state index in [-0.39, 0.29) is 23.8 Å². The Morgan fingerprint density at radius 3 is 2.78 bits per heavy atom. The zero-order chi connectivity index (χ0) is 18.2. The van der Waals surface area contributed by atoms with Crippen LogP contribution in [0.3, 0.4) is 0 Å². The summed E-state index contributed by atoms with van der Waals surface area (Å²) in [6, 6.07) is 16.9. The van der Waals surface area contributed by atoms with Crippen molar-refractivity contribution in [3.63, 3.8) is 0 Å². The highest BCUT2D eigenvalue weighted by Crippen LogP contribution is 2.39. The molecular weight excluding hydrogens is 352 g/mol. The maximum Gasteiger partial charge on any atom is 0.224 e. The van der Waals surface area contributed by atoms with Crippen LogP contribution in [0.4, 0.5) is 0 Å². The molecule has 0 radical (unpaired) electrons. The first-order valence-electron chi connectivity index (χ1n) is 9.68. The predicted molar refractivity (Wildman–Crippen MR) is 110 cm³/mol. The fraction of sp³-hybridized carbons (Fsp3) is 0.304. The van der Waals surface area contributed by atoms with E-state index in [0.29, 0.717) is 0 Å². The molecule has 27 heavy (non-hydrogen) atoms. The molecule has 4 heteroatoms. The number of hydrogen-bond donors (Lipinski definition) is 1. The van der Waals surface area contributed by atoms with Crippen molar-refractivity contribution in [3.05, 3.63) is 76.8 Å². The van der Waals surface area contributed by atoms with Gasteiger partial charge in [0.1, 0.15) is 0 Å². The van der Waals surface area contributed by atoms with Crippen molar-refractivity contribution in [1.29, 1.82) is 0 Å².